The summed E-state index contributed by atoms with van der Waals surface area (Å²) in [6.07, 6.45) is 0.345. The highest BCUT2D eigenvalue weighted by molar-refractivity contribution is 7.22. The molecule has 2 fully saturated rings. The van der Waals surface area contributed by atoms with E-state index in [-0.39, 0.29) is 47.1 Å². The normalized spacial score (nSPS) is 26.4. The molecule has 3 aliphatic rings. The number of fused-ring (bicyclic) bond motifs is 6. The van der Waals surface area contributed by atoms with Gasteiger partial charge in [0.15, 0.2) is 5.13 Å². The maximum atomic E-state index is 13.0. The quantitative estimate of drug-likeness (QED) is 0.417. The van der Waals surface area contributed by atoms with Crippen molar-refractivity contribution in [2.75, 3.05) is 4.90 Å². The first-order valence-electron chi connectivity index (χ1n) is 9.98. The third-order valence-corrected chi connectivity index (χ3v) is 7.25. The standard InChI is InChI=1S/C22H14F3N3O3S/c23-22(24,25)15-2-1-3-16(27-15)31-12-6-7-13-14(9-12)32-21(26-13)28-19(29)17-10-4-5-11(8-10)18(17)20(28)30/h1-7,9-11,17-18H,8H2/t10-,11+,17-,18+. The molecule has 3 heterocycles. The molecule has 3 aromatic rings. The van der Waals surface area contributed by atoms with Crippen LogP contribution in [0.4, 0.5) is 18.3 Å². The molecular weight excluding hydrogens is 443 g/mol. The second kappa shape index (κ2) is 6.61. The molecule has 2 aliphatic carbocycles. The largest absolute Gasteiger partial charge is 0.439 e. The average Bonchev–Trinajstić information content (AvgIpc) is 3.50. The minimum atomic E-state index is -4.57. The van der Waals surface area contributed by atoms with Gasteiger partial charge in [0.1, 0.15) is 11.4 Å². The van der Waals surface area contributed by atoms with Crippen LogP contribution in [0.1, 0.15) is 12.1 Å². The lowest BCUT2D eigenvalue weighted by molar-refractivity contribution is -0.141. The van der Waals surface area contributed by atoms with Crippen LogP contribution in [0, 0.1) is 23.7 Å². The molecule has 162 valence electrons. The van der Waals surface area contributed by atoms with Crippen molar-refractivity contribution < 1.29 is 27.5 Å². The van der Waals surface area contributed by atoms with Crippen LogP contribution in [0.15, 0.2) is 48.6 Å². The number of rotatable bonds is 3. The molecule has 2 aromatic heterocycles. The lowest BCUT2D eigenvalue weighted by Crippen LogP contribution is -2.32. The molecule has 0 unspecified atom stereocenters. The fourth-order valence-electron chi connectivity index (χ4n) is 4.89. The van der Waals surface area contributed by atoms with Crippen molar-refractivity contribution in [1.29, 1.82) is 0 Å². The summed E-state index contributed by atoms with van der Waals surface area (Å²) in [5, 5.41) is 0.304. The Morgan fingerprint density at radius 1 is 1.00 bits per heavy atom. The third kappa shape index (κ3) is 2.85. The van der Waals surface area contributed by atoms with E-state index < -0.39 is 11.9 Å². The molecule has 0 radical (unpaired) electrons. The van der Waals surface area contributed by atoms with Gasteiger partial charge in [-0.1, -0.05) is 29.6 Å². The monoisotopic (exact) mass is 457 g/mol. The van der Waals surface area contributed by atoms with Gasteiger partial charge in [0.05, 0.1) is 22.1 Å². The summed E-state index contributed by atoms with van der Waals surface area (Å²) in [4.78, 5) is 35.1. The number of alkyl halides is 3. The van der Waals surface area contributed by atoms with Gasteiger partial charge >= 0.3 is 6.18 Å². The van der Waals surface area contributed by atoms with E-state index >= 15 is 0 Å². The van der Waals surface area contributed by atoms with Crippen molar-refractivity contribution in [2.45, 2.75) is 12.6 Å². The minimum Gasteiger partial charge on any atom is -0.439 e. The van der Waals surface area contributed by atoms with Crippen LogP contribution >= 0.6 is 11.3 Å². The number of carbonyl (C=O) groups excluding carboxylic acids is 2. The maximum absolute atomic E-state index is 13.0. The Morgan fingerprint density at radius 2 is 1.72 bits per heavy atom. The minimum absolute atomic E-state index is 0.112. The molecule has 4 atom stereocenters. The molecule has 32 heavy (non-hydrogen) atoms. The smallest absolute Gasteiger partial charge is 0.433 e. The molecule has 0 spiro atoms. The Kier molecular flexibility index (Phi) is 4.01. The molecule has 1 aliphatic heterocycles. The molecular formula is C22H14F3N3O3S. The van der Waals surface area contributed by atoms with Gasteiger partial charge in [-0.3, -0.25) is 9.59 Å². The van der Waals surface area contributed by atoms with E-state index in [0.717, 1.165) is 12.5 Å². The second-order valence-corrected chi connectivity index (χ2v) is 9.11. The number of allylic oxidation sites excluding steroid dienone is 2. The lowest BCUT2D eigenvalue weighted by atomic mass is 9.85. The molecule has 1 aromatic carbocycles. The number of imide groups is 1. The van der Waals surface area contributed by atoms with E-state index in [4.69, 9.17) is 4.74 Å². The Bertz CT molecular complexity index is 1290. The van der Waals surface area contributed by atoms with Crippen LogP contribution in [0.5, 0.6) is 11.6 Å². The van der Waals surface area contributed by atoms with Crippen LogP contribution in [0.2, 0.25) is 0 Å². The summed E-state index contributed by atoms with van der Waals surface area (Å²) < 4.78 is 44.8. The van der Waals surface area contributed by atoms with Crippen LogP contribution in [-0.4, -0.2) is 21.8 Å². The van der Waals surface area contributed by atoms with Crippen molar-refractivity contribution in [3.05, 3.63) is 54.2 Å². The summed E-state index contributed by atoms with van der Waals surface area (Å²) in [7, 11) is 0. The number of halogens is 3. The highest BCUT2D eigenvalue weighted by Gasteiger charge is 2.60. The van der Waals surface area contributed by atoms with E-state index in [0.29, 0.717) is 15.3 Å². The lowest BCUT2D eigenvalue weighted by Gasteiger charge is -2.14. The van der Waals surface area contributed by atoms with Gasteiger partial charge in [0.25, 0.3) is 0 Å². The van der Waals surface area contributed by atoms with Gasteiger partial charge < -0.3 is 4.74 Å². The number of thiazole rings is 1. The first-order valence-corrected chi connectivity index (χ1v) is 10.8. The van der Waals surface area contributed by atoms with Crippen LogP contribution < -0.4 is 9.64 Å². The molecule has 6 rings (SSSR count). The Morgan fingerprint density at radius 3 is 2.41 bits per heavy atom. The van der Waals surface area contributed by atoms with Crippen LogP contribution in [-0.2, 0) is 15.8 Å². The highest BCUT2D eigenvalue weighted by Crippen LogP contribution is 2.53. The summed E-state index contributed by atoms with van der Waals surface area (Å²) in [5.74, 6) is -0.726. The molecule has 1 saturated heterocycles. The number of pyridine rings is 1. The molecule has 10 heteroatoms. The number of carbonyl (C=O) groups is 2. The number of ether oxygens (including phenoxy) is 1. The van der Waals surface area contributed by atoms with Crippen LogP contribution in [0.25, 0.3) is 10.2 Å². The summed E-state index contributed by atoms with van der Waals surface area (Å²) in [6.45, 7) is 0. The average molecular weight is 457 g/mol. The summed E-state index contributed by atoms with van der Waals surface area (Å²) >= 11 is 1.17. The van der Waals surface area contributed by atoms with Gasteiger partial charge in [-0.2, -0.15) is 13.2 Å². The van der Waals surface area contributed by atoms with Gasteiger partial charge in [-0.15, -0.1) is 0 Å². The Labute approximate surface area is 183 Å². The SMILES string of the molecule is O=C1[C@@H]2[C@H](C(=O)N1c1nc3ccc(Oc4cccc(C(F)(F)F)n4)cc3s1)[C@@H]1C=C[C@H]2C1. The predicted molar refractivity (Wildman–Crippen MR) is 109 cm³/mol. The van der Waals surface area contributed by atoms with E-state index in [2.05, 4.69) is 9.97 Å². The van der Waals surface area contributed by atoms with E-state index in [9.17, 15) is 22.8 Å². The number of amides is 2. The van der Waals surface area contributed by atoms with Crippen molar-refractivity contribution in [3.8, 4) is 11.6 Å². The topological polar surface area (TPSA) is 72.4 Å². The van der Waals surface area contributed by atoms with Gasteiger partial charge in [0.2, 0.25) is 17.7 Å². The van der Waals surface area contributed by atoms with Crippen molar-refractivity contribution in [2.24, 2.45) is 23.7 Å². The van der Waals surface area contributed by atoms with Crippen molar-refractivity contribution in [3.63, 3.8) is 0 Å². The predicted octanol–water partition coefficient (Wildman–Crippen LogP) is 4.81. The zero-order valence-corrected chi connectivity index (χ0v) is 17.1. The van der Waals surface area contributed by atoms with Gasteiger partial charge in [-0.25, -0.2) is 14.9 Å². The van der Waals surface area contributed by atoms with E-state index in [1.165, 1.54) is 28.4 Å². The van der Waals surface area contributed by atoms with Crippen molar-refractivity contribution in [1.82, 2.24) is 9.97 Å². The highest BCUT2D eigenvalue weighted by atomic mass is 32.1. The Balaban J connectivity index is 1.29. The maximum Gasteiger partial charge on any atom is 0.433 e. The molecule has 0 N–H and O–H groups in total. The zero-order valence-electron chi connectivity index (χ0n) is 16.2. The van der Waals surface area contributed by atoms with Crippen molar-refractivity contribution >= 4 is 38.5 Å². The number of hydrogen-bond acceptors (Lipinski definition) is 6. The van der Waals surface area contributed by atoms with E-state index in [1.807, 2.05) is 12.2 Å². The fourth-order valence-corrected chi connectivity index (χ4v) is 5.90. The number of hydrogen-bond donors (Lipinski definition) is 0. The Hall–Kier alpha value is -3.27. The molecule has 2 amide bonds. The second-order valence-electron chi connectivity index (χ2n) is 8.10. The number of benzene rings is 1. The number of nitrogens with zero attached hydrogens (tertiary/aromatic N) is 3. The van der Waals surface area contributed by atoms with Gasteiger partial charge in [-0.05, 0) is 36.5 Å². The van der Waals surface area contributed by atoms with E-state index in [1.54, 1.807) is 18.2 Å². The third-order valence-electron chi connectivity index (χ3n) is 6.25. The molecule has 6 nitrogen and oxygen atoms in total. The zero-order chi connectivity index (χ0) is 22.2. The van der Waals surface area contributed by atoms with Crippen LogP contribution in [0.3, 0.4) is 0 Å². The first kappa shape index (κ1) is 19.4. The molecule has 2 bridgehead atoms. The fraction of sp³-hybridized carbons (Fsp3) is 0.273. The number of anilines is 1. The summed E-state index contributed by atoms with van der Waals surface area (Å²) in [5.41, 5.74) is -0.482. The first-order chi connectivity index (χ1) is 15.3. The molecule has 1 saturated carbocycles. The number of aromatic nitrogens is 2. The van der Waals surface area contributed by atoms with Gasteiger partial charge in [0, 0.05) is 12.1 Å². The summed E-state index contributed by atoms with van der Waals surface area (Å²) in [6, 6.07) is 8.22.